The van der Waals surface area contributed by atoms with Gasteiger partial charge in [0.2, 0.25) is 0 Å². The topological polar surface area (TPSA) is 68.2 Å². The minimum Gasteiger partial charge on any atom is -0.364 e. The first kappa shape index (κ1) is 14.3. The molecule has 5 heteroatoms. The highest BCUT2D eigenvalue weighted by Gasteiger charge is 2.24. The molecule has 0 spiro atoms. The number of nitrogens with zero attached hydrogens (tertiary/aromatic N) is 3. The van der Waals surface area contributed by atoms with Crippen molar-refractivity contribution in [1.29, 1.82) is 0 Å². The van der Waals surface area contributed by atoms with Crippen LogP contribution in [0.4, 0.5) is 5.82 Å². The molecule has 114 valence electrons. The number of anilines is 1. The summed E-state index contributed by atoms with van der Waals surface area (Å²) >= 11 is 0. The largest absolute Gasteiger partial charge is 0.364 e. The molecule has 1 fully saturated rings. The predicted molar refractivity (Wildman–Crippen MR) is 85.5 cm³/mol. The highest BCUT2D eigenvalue weighted by Crippen LogP contribution is 2.29. The zero-order valence-corrected chi connectivity index (χ0v) is 12.9. The average molecular weight is 287 g/mol. The minimum absolute atomic E-state index is 0.309. The van der Waals surface area contributed by atoms with E-state index < -0.39 is 0 Å². The molecule has 1 aliphatic carbocycles. The second-order valence-corrected chi connectivity index (χ2v) is 6.36. The van der Waals surface area contributed by atoms with Gasteiger partial charge >= 0.3 is 0 Å². The van der Waals surface area contributed by atoms with Crippen LogP contribution in [0.3, 0.4) is 0 Å². The first-order chi connectivity index (χ1) is 10.2. The molecule has 3 rings (SSSR count). The van der Waals surface area contributed by atoms with Crippen LogP contribution >= 0.6 is 0 Å². The number of fused-ring (bicyclic) bond motifs is 1. The van der Waals surface area contributed by atoms with Crippen LogP contribution < -0.4 is 11.1 Å². The summed E-state index contributed by atoms with van der Waals surface area (Å²) in [7, 11) is 0. The van der Waals surface area contributed by atoms with E-state index in [0.29, 0.717) is 24.4 Å². The molecule has 0 amide bonds. The number of hydrogen-bond donors (Lipinski definition) is 2. The summed E-state index contributed by atoms with van der Waals surface area (Å²) in [6, 6.07) is 2.44. The maximum absolute atomic E-state index is 5.99. The molecular weight excluding hydrogens is 262 g/mol. The van der Waals surface area contributed by atoms with Crippen molar-refractivity contribution in [1.82, 2.24) is 14.6 Å². The van der Waals surface area contributed by atoms with Gasteiger partial charge < -0.3 is 11.1 Å². The minimum atomic E-state index is 0.309. The molecule has 2 aromatic heterocycles. The molecule has 1 saturated carbocycles. The maximum atomic E-state index is 5.99. The zero-order chi connectivity index (χ0) is 14.8. The summed E-state index contributed by atoms with van der Waals surface area (Å²) in [5, 5.41) is 8.18. The van der Waals surface area contributed by atoms with Crippen molar-refractivity contribution in [3.63, 3.8) is 0 Å². The highest BCUT2D eigenvalue weighted by atomic mass is 15.2. The van der Waals surface area contributed by atoms with Crippen LogP contribution in [-0.4, -0.2) is 27.2 Å². The number of nitrogens with two attached hydrogens (primary N) is 1. The molecule has 0 saturated heterocycles. The summed E-state index contributed by atoms with van der Waals surface area (Å²) < 4.78 is 1.91. The second kappa shape index (κ2) is 6.02. The van der Waals surface area contributed by atoms with Crippen LogP contribution in [0, 0.1) is 5.92 Å². The van der Waals surface area contributed by atoms with Gasteiger partial charge in [-0.25, -0.2) is 9.50 Å². The van der Waals surface area contributed by atoms with E-state index in [0.717, 1.165) is 17.0 Å². The summed E-state index contributed by atoms with van der Waals surface area (Å²) in [4.78, 5) is 4.51. The van der Waals surface area contributed by atoms with Crippen molar-refractivity contribution < 1.29 is 0 Å². The molecule has 1 aliphatic rings. The molecule has 5 nitrogen and oxygen atoms in total. The van der Waals surface area contributed by atoms with Gasteiger partial charge in [-0.2, -0.15) is 5.10 Å². The van der Waals surface area contributed by atoms with Gasteiger partial charge in [0.05, 0.1) is 5.69 Å². The molecule has 0 aromatic carbocycles. The van der Waals surface area contributed by atoms with E-state index in [1.165, 1.54) is 25.7 Å². The molecule has 1 unspecified atom stereocenters. The summed E-state index contributed by atoms with van der Waals surface area (Å²) in [5.41, 5.74) is 8.12. The van der Waals surface area contributed by atoms with Crippen molar-refractivity contribution in [3.8, 4) is 0 Å². The Labute approximate surface area is 125 Å². The van der Waals surface area contributed by atoms with Gasteiger partial charge in [-0.1, -0.05) is 26.7 Å². The summed E-state index contributed by atoms with van der Waals surface area (Å²) in [6.45, 7) is 4.96. The van der Waals surface area contributed by atoms with Crippen LogP contribution in [0.15, 0.2) is 18.5 Å². The predicted octanol–water partition coefficient (Wildman–Crippen LogP) is 2.78. The monoisotopic (exact) mass is 287 g/mol. The lowest BCUT2D eigenvalue weighted by atomic mass is 9.98. The Hall–Kier alpha value is -1.62. The number of rotatable bonds is 5. The summed E-state index contributed by atoms with van der Waals surface area (Å²) in [6.07, 6.45) is 8.90. The fraction of sp³-hybridized carbons (Fsp3) is 0.625. The molecule has 0 bridgehead atoms. The third-order valence-corrected chi connectivity index (χ3v) is 4.55. The van der Waals surface area contributed by atoms with E-state index in [4.69, 9.17) is 5.73 Å². The van der Waals surface area contributed by atoms with Crippen LogP contribution in [0.5, 0.6) is 0 Å². The smallest absolute Gasteiger partial charge is 0.152 e. The third-order valence-electron chi connectivity index (χ3n) is 4.55. The van der Waals surface area contributed by atoms with E-state index in [1.54, 1.807) is 6.20 Å². The fourth-order valence-electron chi connectivity index (χ4n) is 3.24. The lowest BCUT2D eigenvalue weighted by Crippen LogP contribution is -2.35. The van der Waals surface area contributed by atoms with Gasteiger partial charge in [-0.15, -0.1) is 0 Å². The van der Waals surface area contributed by atoms with Crippen LogP contribution in [0.2, 0.25) is 0 Å². The maximum Gasteiger partial charge on any atom is 0.152 e. The van der Waals surface area contributed by atoms with Gasteiger partial charge in [0.15, 0.2) is 5.82 Å². The molecule has 0 aliphatic heterocycles. The van der Waals surface area contributed by atoms with Gasteiger partial charge in [0, 0.05) is 25.0 Å². The summed E-state index contributed by atoms with van der Waals surface area (Å²) in [5.74, 6) is 1.99. The molecule has 1 atom stereocenters. The van der Waals surface area contributed by atoms with Gasteiger partial charge in [0.25, 0.3) is 0 Å². The van der Waals surface area contributed by atoms with Crippen molar-refractivity contribution in [3.05, 3.63) is 24.2 Å². The molecule has 2 aromatic rings. The Morgan fingerprint density at radius 2 is 2.14 bits per heavy atom. The second-order valence-electron chi connectivity index (χ2n) is 6.36. The lowest BCUT2D eigenvalue weighted by Gasteiger charge is -2.23. The van der Waals surface area contributed by atoms with Crippen molar-refractivity contribution in [2.45, 2.75) is 51.5 Å². The lowest BCUT2D eigenvalue weighted by molar-refractivity contribution is 0.461. The van der Waals surface area contributed by atoms with Crippen molar-refractivity contribution in [2.24, 2.45) is 11.7 Å². The van der Waals surface area contributed by atoms with E-state index >= 15 is 0 Å². The molecule has 0 radical (unpaired) electrons. The zero-order valence-electron chi connectivity index (χ0n) is 12.9. The van der Waals surface area contributed by atoms with Crippen molar-refractivity contribution in [2.75, 3.05) is 11.9 Å². The Bertz CT molecular complexity index is 598. The Kier molecular flexibility index (Phi) is 4.10. The Balaban J connectivity index is 1.88. The van der Waals surface area contributed by atoms with Gasteiger partial charge in [-0.3, -0.25) is 0 Å². The Morgan fingerprint density at radius 3 is 2.81 bits per heavy atom. The van der Waals surface area contributed by atoms with Crippen molar-refractivity contribution >= 4 is 11.3 Å². The van der Waals surface area contributed by atoms with E-state index in [9.17, 15) is 0 Å². The van der Waals surface area contributed by atoms with Crippen LogP contribution in [0.1, 0.15) is 51.1 Å². The van der Waals surface area contributed by atoms with Crippen LogP contribution in [-0.2, 0) is 0 Å². The number of aromatic nitrogens is 3. The SMILES string of the molecule is CC(C)c1cc2c(NC(CN)C3CCCC3)nccn2n1. The standard InChI is InChI=1S/C16H25N5/c1-11(2)13-9-15-16(18-7-8-21(15)20-13)19-14(10-17)12-5-3-4-6-12/h7-9,11-12,14H,3-6,10,17H2,1-2H3,(H,18,19). The number of nitrogens with one attached hydrogen (secondary N) is 1. The molecule has 3 N–H and O–H groups in total. The van der Waals surface area contributed by atoms with Gasteiger partial charge in [-0.05, 0) is 30.7 Å². The third kappa shape index (κ3) is 2.88. The quantitative estimate of drug-likeness (QED) is 0.887. The molecule has 21 heavy (non-hydrogen) atoms. The number of hydrogen-bond acceptors (Lipinski definition) is 4. The first-order valence-corrected chi connectivity index (χ1v) is 8.00. The highest BCUT2D eigenvalue weighted by molar-refractivity contribution is 5.68. The Morgan fingerprint density at radius 1 is 1.38 bits per heavy atom. The fourth-order valence-corrected chi connectivity index (χ4v) is 3.24. The average Bonchev–Trinajstić information content (AvgIpc) is 3.13. The van der Waals surface area contributed by atoms with E-state index in [-0.39, 0.29) is 0 Å². The van der Waals surface area contributed by atoms with E-state index in [2.05, 4.69) is 35.3 Å². The first-order valence-electron chi connectivity index (χ1n) is 8.00. The van der Waals surface area contributed by atoms with Gasteiger partial charge in [0.1, 0.15) is 5.52 Å². The molecule has 2 heterocycles. The van der Waals surface area contributed by atoms with Crippen LogP contribution in [0.25, 0.3) is 5.52 Å². The normalized spacial score (nSPS) is 17.7. The molecular formula is C16H25N5. The van der Waals surface area contributed by atoms with E-state index in [1.807, 2.05) is 10.7 Å².